The van der Waals surface area contributed by atoms with Gasteiger partial charge in [0, 0.05) is 25.3 Å². The molecule has 0 bridgehead atoms. The van der Waals surface area contributed by atoms with Gasteiger partial charge in [-0.15, -0.1) is 0 Å². The summed E-state index contributed by atoms with van der Waals surface area (Å²) in [7, 11) is -3.90. The molecule has 4 fully saturated rings. The van der Waals surface area contributed by atoms with E-state index < -0.39 is 55.7 Å². The minimum atomic E-state index is -3.90. The van der Waals surface area contributed by atoms with Crippen molar-refractivity contribution in [1.29, 1.82) is 0 Å². The highest BCUT2D eigenvalue weighted by molar-refractivity contribution is 7.91. The van der Waals surface area contributed by atoms with Crippen LogP contribution in [0.5, 0.6) is 6.01 Å². The number of hydrogen-bond donors (Lipinski definition) is 1. The maximum Gasteiger partial charge on any atom is 0.307 e. The highest BCUT2D eigenvalue weighted by Crippen LogP contribution is 2.59. The normalized spacial score (nSPS) is 28.6. The van der Waals surface area contributed by atoms with Crippen molar-refractivity contribution in [3.8, 4) is 6.01 Å². The van der Waals surface area contributed by atoms with Crippen LogP contribution < -0.4 is 9.46 Å². The maximum absolute atomic E-state index is 14.5. The Balaban J connectivity index is 1.30. The number of aryl methyl sites for hydroxylation is 1. The van der Waals surface area contributed by atoms with Crippen LogP contribution in [-0.4, -0.2) is 75.5 Å². The van der Waals surface area contributed by atoms with Crippen LogP contribution in [-0.2, 0) is 40.5 Å². The number of carbonyl (C=O) groups is 4. The molecular formula is C38H54N4O8S. The number of nitrogens with one attached hydrogen (secondary N) is 1. The average molecular weight is 727 g/mol. The molecule has 2 aromatic rings. The van der Waals surface area contributed by atoms with Gasteiger partial charge in [-0.25, -0.2) is 8.42 Å². The molecule has 2 saturated carbocycles. The molecular weight excluding hydrogens is 673 g/mol. The number of imidazole rings is 1. The second-order valence-corrected chi connectivity index (χ2v) is 18.7. The van der Waals surface area contributed by atoms with Crippen LogP contribution in [0.25, 0.3) is 11.0 Å². The molecule has 51 heavy (non-hydrogen) atoms. The van der Waals surface area contributed by atoms with E-state index in [1.54, 1.807) is 32.6 Å². The van der Waals surface area contributed by atoms with Crippen molar-refractivity contribution in [2.75, 3.05) is 6.54 Å². The number of fused-ring (bicyclic) bond motifs is 3. The number of carbonyl (C=O) groups excluding carboxylic acids is 4. The molecule has 2 aliphatic carbocycles. The third-order valence-electron chi connectivity index (χ3n) is 11.4. The van der Waals surface area contributed by atoms with E-state index in [0.717, 1.165) is 49.6 Å². The molecule has 3 heterocycles. The van der Waals surface area contributed by atoms with E-state index >= 15 is 0 Å². The molecule has 0 radical (unpaired) electrons. The van der Waals surface area contributed by atoms with Gasteiger partial charge < -0.3 is 14.4 Å². The minimum absolute atomic E-state index is 0.101. The van der Waals surface area contributed by atoms with Crippen molar-refractivity contribution < 1.29 is 37.1 Å². The number of amides is 2. The fraction of sp³-hybridized carbons (Fsp3) is 0.711. The van der Waals surface area contributed by atoms with Gasteiger partial charge in [-0.05, 0) is 84.8 Å². The van der Waals surface area contributed by atoms with E-state index in [1.165, 1.54) is 0 Å². The monoisotopic (exact) mass is 726 g/mol. The van der Waals surface area contributed by atoms with Crippen LogP contribution in [0, 0.1) is 17.3 Å². The van der Waals surface area contributed by atoms with Gasteiger partial charge in [0.05, 0.1) is 40.2 Å². The highest BCUT2D eigenvalue weighted by atomic mass is 32.2. The summed E-state index contributed by atoms with van der Waals surface area (Å²) in [6.45, 7) is 9.71. The zero-order chi connectivity index (χ0) is 36.8. The largest absolute Gasteiger partial charge is 0.460 e. The van der Waals surface area contributed by atoms with Crippen molar-refractivity contribution in [3.63, 3.8) is 0 Å². The molecule has 5 atom stereocenters. The summed E-state index contributed by atoms with van der Waals surface area (Å²) in [4.78, 5) is 62.2. The van der Waals surface area contributed by atoms with Gasteiger partial charge in [0.15, 0.2) is 5.78 Å². The lowest BCUT2D eigenvalue weighted by atomic mass is 9.90. The maximum atomic E-state index is 14.5. The molecule has 1 aromatic heterocycles. The number of esters is 1. The third-order valence-corrected chi connectivity index (χ3v) is 13.6. The molecule has 280 valence electrons. The molecule has 12 nitrogen and oxygen atoms in total. The second kappa shape index (κ2) is 14.2. The summed E-state index contributed by atoms with van der Waals surface area (Å²) >= 11 is 0. The molecule has 2 aliphatic heterocycles. The van der Waals surface area contributed by atoms with Crippen LogP contribution in [0.15, 0.2) is 24.3 Å². The highest BCUT2D eigenvalue weighted by Gasteiger charge is 2.63. The van der Waals surface area contributed by atoms with Gasteiger partial charge in [0.25, 0.3) is 6.01 Å². The molecule has 6 rings (SSSR count). The number of para-hydroxylation sites is 2. The van der Waals surface area contributed by atoms with Crippen molar-refractivity contribution in [2.45, 2.75) is 147 Å². The van der Waals surface area contributed by atoms with Crippen LogP contribution >= 0.6 is 0 Å². The number of Topliss-reactive ketones (excluding diaryl/α,β-unsaturated/α-hetero) is 1. The molecule has 0 spiro atoms. The lowest BCUT2D eigenvalue weighted by Crippen LogP contribution is -2.47. The smallest absolute Gasteiger partial charge is 0.307 e. The standard InChI is InChI=1S/C38H54N4O8S/c1-6-41-29-17-13-12-16-28(29)39-35(41)49-27-21-30-31(43)23-38(34(46)40-51(47,48)37(5)18-19-37)22-26(38)15-11-9-7-8-10-14-25(33(45)42(30)24-27)20-32(44)50-36(2,3)4/h12-13,16-17,25-27,30H,6-11,14-15,18-24H2,1-5H3,(H,40,46)/t25-,26+,27-,30+,38-/m1/s1. The number of benzene rings is 1. The Morgan fingerprint density at radius 2 is 1.73 bits per heavy atom. The molecule has 0 unspecified atom stereocenters. The SMILES string of the molecule is CCn1c(O[C@@H]2C[C@H]3C(=O)C[C@]4(C(=O)NS(=O)(=O)C5(C)CC5)C[C@@H]4CCCCCCC[C@H](CC(=O)OC(C)(C)C)C(=O)N3C2)nc2ccccc21. The number of hydrogen-bond acceptors (Lipinski definition) is 9. The van der Waals surface area contributed by atoms with Gasteiger partial charge in [-0.2, -0.15) is 4.98 Å². The lowest BCUT2D eigenvalue weighted by molar-refractivity contribution is -0.159. The van der Waals surface area contributed by atoms with Gasteiger partial charge >= 0.3 is 5.97 Å². The zero-order valence-electron chi connectivity index (χ0n) is 30.7. The Bertz CT molecular complexity index is 1780. The fourth-order valence-electron chi connectivity index (χ4n) is 8.03. The molecule has 2 amide bonds. The minimum Gasteiger partial charge on any atom is -0.460 e. The number of rotatable bonds is 8. The molecule has 1 N–H and O–H groups in total. The van der Waals surface area contributed by atoms with E-state index in [2.05, 4.69) is 4.72 Å². The zero-order valence-corrected chi connectivity index (χ0v) is 31.6. The van der Waals surface area contributed by atoms with E-state index in [4.69, 9.17) is 14.5 Å². The number of nitrogens with zero attached hydrogens (tertiary/aromatic N) is 3. The number of ketones is 1. The van der Waals surface area contributed by atoms with Crippen molar-refractivity contribution in [1.82, 2.24) is 19.2 Å². The van der Waals surface area contributed by atoms with Crippen molar-refractivity contribution >= 4 is 44.6 Å². The fourth-order valence-corrected chi connectivity index (χ4v) is 9.36. The quantitative estimate of drug-likeness (QED) is 0.350. The predicted molar refractivity (Wildman–Crippen MR) is 191 cm³/mol. The van der Waals surface area contributed by atoms with Gasteiger partial charge in [-0.3, -0.25) is 28.5 Å². The molecule has 2 saturated heterocycles. The Morgan fingerprint density at radius 3 is 2.41 bits per heavy atom. The summed E-state index contributed by atoms with van der Waals surface area (Å²) in [6.07, 6.45) is 6.33. The second-order valence-electron chi connectivity index (χ2n) is 16.5. The Hall–Kier alpha value is -3.48. The van der Waals surface area contributed by atoms with Gasteiger partial charge in [0.1, 0.15) is 11.7 Å². The van der Waals surface area contributed by atoms with Crippen LogP contribution in [0.2, 0.25) is 0 Å². The van der Waals surface area contributed by atoms with E-state index in [0.29, 0.717) is 38.2 Å². The number of sulfonamides is 1. The lowest BCUT2D eigenvalue weighted by Gasteiger charge is -2.29. The topological polar surface area (TPSA) is 154 Å². The van der Waals surface area contributed by atoms with Gasteiger partial charge in [-0.1, -0.05) is 44.2 Å². The summed E-state index contributed by atoms with van der Waals surface area (Å²) in [5.74, 6) is -2.48. The van der Waals surface area contributed by atoms with E-state index in [-0.39, 0.29) is 43.4 Å². The van der Waals surface area contributed by atoms with Gasteiger partial charge in [0.2, 0.25) is 21.8 Å². The summed E-state index contributed by atoms with van der Waals surface area (Å²) < 4.78 is 41.8. The molecule has 4 aliphatic rings. The molecule has 1 aromatic carbocycles. The number of ether oxygens (including phenoxy) is 2. The first-order valence-electron chi connectivity index (χ1n) is 18.8. The molecule has 13 heteroatoms. The summed E-state index contributed by atoms with van der Waals surface area (Å²) in [5.41, 5.74) is -0.171. The van der Waals surface area contributed by atoms with E-state index in [9.17, 15) is 27.6 Å². The Kier molecular flexibility index (Phi) is 10.3. The first kappa shape index (κ1) is 37.3. The Labute approximate surface area is 301 Å². The Morgan fingerprint density at radius 1 is 1.04 bits per heavy atom. The van der Waals surface area contributed by atoms with Crippen LogP contribution in [0.4, 0.5) is 0 Å². The number of aromatic nitrogens is 2. The summed E-state index contributed by atoms with van der Waals surface area (Å²) in [5, 5.41) is 0. The van der Waals surface area contributed by atoms with Crippen LogP contribution in [0.1, 0.15) is 118 Å². The predicted octanol–water partition coefficient (Wildman–Crippen LogP) is 5.46. The first-order chi connectivity index (χ1) is 24.1. The van der Waals surface area contributed by atoms with E-state index in [1.807, 2.05) is 35.8 Å². The summed E-state index contributed by atoms with van der Waals surface area (Å²) in [6, 6.07) is 7.20. The van der Waals surface area contributed by atoms with Crippen LogP contribution in [0.3, 0.4) is 0 Å². The average Bonchev–Trinajstić information content (AvgIpc) is 3.88. The van der Waals surface area contributed by atoms with Crippen molar-refractivity contribution in [3.05, 3.63) is 24.3 Å². The third kappa shape index (κ3) is 7.98. The van der Waals surface area contributed by atoms with Crippen molar-refractivity contribution in [2.24, 2.45) is 17.3 Å². The first-order valence-corrected chi connectivity index (χ1v) is 20.3.